The van der Waals surface area contributed by atoms with Crippen molar-refractivity contribution in [2.24, 2.45) is 11.1 Å². The minimum Gasteiger partial charge on any atom is -0.392 e. The van der Waals surface area contributed by atoms with Crippen LogP contribution in [-0.4, -0.2) is 44.7 Å². The van der Waals surface area contributed by atoms with Crippen LogP contribution < -0.4 is 5.14 Å². The smallest absolute Gasteiger partial charge is 0.238 e. The Kier molecular flexibility index (Phi) is 4.80. The fourth-order valence-electron chi connectivity index (χ4n) is 2.21. The first kappa shape index (κ1) is 15.4. The van der Waals surface area contributed by atoms with E-state index in [1.54, 1.807) is 12.1 Å². The van der Waals surface area contributed by atoms with Gasteiger partial charge in [0.05, 0.1) is 11.0 Å². The Morgan fingerprint density at radius 2 is 1.95 bits per heavy atom. The summed E-state index contributed by atoms with van der Waals surface area (Å²) in [6, 6.07) is 6.63. The Balaban J connectivity index is 1.81. The molecule has 1 aliphatic rings. The normalized spacial score (nSPS) is 17.4. The molecule has 1 aliphatic carbocycles. The van der Waals surface area contributed by atoms with E-state index < -0.39 is 10.0 Å². The number of aliphatic hydroxyl groups is 1. The van der Waals surface area contributed by atoms with Gasteiger partial charge in [-0.1, -0.05) is 12.1 Å². The van der Waals surface area contributed by atoms with E-state index in [4.69, 9.17) is 5.14 Å². The van der Waals surface area contributed by atoms with Crippen molar-refractivity contribution in [1.82, 2.24) is 4.90 Å². The van der Waals surface area contributed by atoms with Crippen LogP contribution in [0.5, 0.6) is 0 Å². The molecule has 0 aromatic heterocycles. The number of likely N-dealkylation sites (N-methyl/N-ethyl adjacent to an activating group) is 1. The predicted molar refractivity (Wildman–Crippen MR) is 77.7 cm³/mol. The van der Waals surface area contributed by atoms with Crippen molar-refractivity contribution in [3.8, 4) is 0 Å². The number of primary sulfonamides is 1. The number of aliphatic hydroxyl groups excluding tert-OH is 1. The summed E-state index contributed by atoms with van der Waals surface area (Å²) < 4.78 is 22.3. The number of hydrogen-bond acceptors (Lipinski definition) is 4. The molecule has 3 N–H and O–H groups in total. The van der Waals surface area contributed by atoms with Crippen LogP contribution in [0.4, 0.5) is 0 Å². The van der Waals surface area contributed by atoms with Crippen LogP contribution in [0.1, 0.15) is 18.4 Å². The first-order valence-corrected chi connectivity index (χ1v) is 8.39. The minimum atomic E-state index is -3.61. The van der Waals surface area contributed by atoms with Crippen LogP contribution in [0.15, 0.2) is 29.2 Å². The molecule has 112 valence electrons. The van der Waals surface area contributed by atoms with E-state index in [-0.39, 0.29) is 11.0 Å². The molecule has 0 heterocycles. The molecule has 0 bridgehead atoms. The molecular weight excluding hydrogens is 276 g/mol. The molecule has 1 atom stereocenters. The topological polar surface area (TPSA) is 83.6 Å². The van der Waals surface area contributed by atoms with Crippen molar-refractivity contribution in [3.63, 3.8) is 0 Å². The van der Waals surface area contributed by atoms with Gasteiger partial charge < -0.3 is 10.0 Å². The maximum atomic E-state index is 11.1. The van der Waals surface area contributed by atoms with Gasteiger partial charge in [0.1, 0.15) is 0 Å². The second-order valence-electron chi connectivity index (χ2n) is 5.61. The van der Waals surface area contributed by atoms with Gasteiger partial charge in [-0.25, -0.2) is 13.6 Å². The summed E-state index contributed by atoms with van der Waals surface area (Å²) in [5, 5.41) is 14.9. The molecule has 0 radical (unpaired) electrons. The lowest BCUT2D eigenvalue weighted by molar-refractivity contribution is 0.107. The van der Waals surface area contributed by atoms with Crippen LogP contribution >= 0.6 is 0 Å². The van der Waals surface area contributed by atoms with Crippen LogP contribution in [0.25, 0.3) is 0 Å². The standard InChI is InChI=1S/C14H22N2O3S/c1-16(10-14(17)12-4-5-12)9-8-11-2-6-13(7-3-11)20(15,18)19/h2-3,6-7,12,14,17H,4-5,8-10H2,1H3,(H2,15,18,19). The Morgan fingerprint density at radius 3 is 2.45 bits per heavy atom. The van der Waals surface area contributed by atoms with Crippen LogP contribution in [0.2, 0.25) is 0 Å². The highest BCUT2D eigenvalue weighted by molar-refractivity contribution is 7.89. The molecule has 1 saturated carbocycles. The van der Waals surface area contributed by atoms with E-state index in [1.165, 1.54) is 12.1 Å². The molecule has 0 saturated heterocycles. The molecule has 0 aliphatic heterocycles. The number of rotatable bonds is 7. The Bertz CT molecular complexity index is 538. The number of nitrogens with zero attached hydrogens (tertiary/aromatic N) is 1. The van der Waals surface area contributed by atoms with Crippen molar-refractivity contribution in [2.75, 3.05) is 20.1 Å². The van der Waals surface area contributed by atoms with E-state index in [0.29, 0.717) is 12.5 Å². The molecule has 1 aromatic carbocycles. The number of sulfonamides is 1. The predicted octanol–water partition coefficient (Wildman–Crippen LogP) is 0.579. The van der Waals surface area contributed by atoms with E-state index >= 15 is 0 Å². The molecule has 1 fully saturated rings. The quantitative estimate of drug-likeness (QED) is 0.771. The zero-order valence-corrected chi connectivity index (χ0v) is 12.5. The summed E-state index contributed by atoms with van der Waals surface area (Å²) in [5.74, 6) is 0.492. The average molecular weight is 298 g/mol. The highest BCUT2D eigenvalue weighted by Crippen LogP contribution is 2.32. The van der Waals surface area contributed by atoms with Crippen molar-refractivity contribution < 1.29 is 13.5 Å². The van der Waals surface area contributed by atoms with Crippen molar-refractivity contribution in [1.29, 1.82) is 0 Å². The molecule has 0 spiro atoms. The summed E-state index contributed by atoms with van der Waals surface area (Å²) >= 11 is 0. The van der Waals surface area contributed by atoms with Crippen LogP contribution in [-0.2, 0) is 16.4 Å². The lowest BCUT2D eigenvalue weighted by atomic mass is 10.1. The monoisotopic (exact) mass is 298 g/mol. The summed E-state index contributed by atoms with van der Waals surface area (Å²) in [6.45, 7) is 1.53. The van der Waals surface area contributed by atoms with Gasteiger partial charge in [-0.3, -0.25) is 0 Å². The third-order valence-corrected chi connectivity index (χ3v) is 4.63. The first-order valence-electron chi connectivity index (χ1n) is 6.84. The average Bonchev–Trinajstić information content (AvgIpc) is 3.20. The summed E-state index contributed by atoms with van der Waals surface area (Å²) in [5.41, 5.74) is 1.06. The zero-order valence-electron chi connectivity index (χ0n) is 11.7. The molecule has 5 nitrogen and oxygen atoms in total. The number of hydrogen-bond donors (Lipinski definition) is 2. The molecule has 2 rings (SSSR count). The highest BCUT2D eigenvalue weighted by Gasteiger charge is 2.30. The fourth-order valence-corrected chi connectivity index (χ4v) is 2.72. The Morgan fingerprint density at radius 1 is 1.35 bits per heavy atom. The number of nitrogens with two attached hydrogens (primary N) is 1. The van der Waals surface area contributed by atoms with Gasteiger partial charge in [-0.15, -0.1) is 0 Å². The van der Waals surface area contributed by atoms with Crippen LogP contribution in [0, 0.1) is 5.92 Å². The Labute approximate surface area is 120 Å². The van der Waals surface area contributed by atoms with Crippen LogP contribution in [0.3, 0.4) is 0 Å². The number of benzene rings is 1. The maximum absolute atomic E-state index is 11.1. The first-order chi connectivity index (χ1) is 9.36. The lowest BCUT2D eigenvalue weighted by Crippen LogP contribution is -2.31. The Hall–Kier alpha value is -0.950. The molecule has 6 heteroatoms. The SMILES string of the molecule is CN(CCc1ccc(S(N)(=O)=O)cc1)CC(O)C1CC1. The molecule has 1 unspecified atom stereocenters. The van der Waals surface area contributed by atoms with Gasteiger partial charge in [0, 0.05) is 13.1 Å². The van der Waals surface area contributed by atoms with Gasteiger partial charge in [-0.2, -0.15) is 0 Å². The molecule has 1 aromatic rings. The summed E-state index contributed by atoms with van der Waals surface area (Å²) in [4.78, 5) is 2.25. The van der Waals surface area contributed by atoms with Crippen molar-refractivity contribution >= 4 is 10.0 Å². The second kappa shape index (κ2) is 6.22. The van der Waals surface area contributed by atoms with E-state index in [0.717, 1.165) is 31.4 Å². The third kappa shape index (κ3) is 4.56. The van der Waals surface area contributed by atoms with Gasteiger partial charge >= 0.3 is 0 Å². The van der Waals surface area contributed by atoms with Gasteiger partial charge in [-0.05, 0) is 49.9 Å². The van der Waals surface area contributed by atoms with E-state index in [2.05, 4.69) is 4.90 Å². The highest BCUT2D eigenvalue weighted by atomic mass is 32.2. The summed E-state index contributed by atoms with van der Waals surface area (Å²) in [7, 11) is -1.62. The van der Waals surface area contributed by atoms with Gasteiger partial charge in [0.15, 0.2) is 0 Å². The molecule has 0 amide bonds. The summed E-state index contributed by atoms with van der Waals surface area (Å²) in [6.07, 6.45) is 2.89. The zero-order chi connectivity index (χ0) is 14.8. The van der Waals surface area contributed by atoms with E-state index in [9.17, 15) is 13.5 Å². The lowest BCUT2D eigenvalue weighted by Gasteiger charge is -2.20. The van der Waals surface area contributed by atoms with Gasteiger partial charge in [0.2, 0.25) is 10.0 Å². The van der Waals surface area contributed by atoms with Crippen molar-refractivity contribution in [2.45, 2.75) is 30.3 Å². The third-order valence-electron chi connectivity index (χ3n) is 3.70. The maximum Gasteiger partial charge on any atom is 0.238 e. The minimum absolute atomic E-state index is 0.138. The van der Waals surface area contributed by atoms with Crippen molar-refractivity contribution in [3.05, 3.63) is 29.8 Å². The fraction of sp³-hybridized carbons (Fsp3) is 0.571. The van der Waals surface area contributed by atoms with E-state index in [1.807, 2.05) is 7.05 Å². The van der Waals surface area contributed by atoms with Gasteiger partial charge in [0.25, 0.3) is 0 Å². The molecular formula is C14H22N2O3S. The molecule has 20 heavy (non-hydrogen) atoms. The second-order valence-corrected chi connectivity index (χ2v) is 7.17. The largest absolute Gasteiger partial charge is 0.392 e.